The van der Waals surface area contributed by atoms with E-state index in [1.54, 1.807) is 7.11 Å². The van der Waals surface area contributed by atoms with Gasteiger partial charge in [-0.25, -0.2) is 4.98 Å². The van der Waals surface area contributed by atoms with Gasteiger partial charge in [0.2, 0.25) is 5.91 Å². The molecule has 5 heteroatoms. The van der Waals surface area contributed by atoms with Crippen LogP contribution in [0, 0.1) is 0 Å². The molecular weight excluding hydrogens is 374 g/mol. The molecule has 1 N–H and O–H groups in total. The molecule has 0 saturated carbocycles. The molecule has 1 unspecified atom stereocenters. The van der Waals surface area contributed by atoms with Gasteiger partial charge in [-0.1, -0.05) is 48.5 Å². The molecule has 0 bridgehead atoms. The Kier molecular flexibility index (Phi) is 6.09. The largest absolute Gasteiger partial charge is 0.497 e. The van der Waals surface area contributed by atoms with E-state index >= 15 is 0 Å². The Balaban J connectivity index is 1.55. The average molecular weight is 399 g/mol. The maximum Gasteiger partial charge on any atom is 0.221 e. The van der Waals surface area contributed by atoms with Crippen LogP contribution in [0.5, 0.6) is 5.75 Å². The number of benzene rings is 2. The Morgan fingerprint density at radius 1 is 1.07 bits per heavy atom. The first kappa shape index (κ1) is 19.7. The molecule has 1 amide bonds. The van der Waals surface area contributed by atoms with E-state index in [0.717, 1.165) is 29.1 Å². The summed E-state index contributed by atoms with van der Waals surface area (Å²) < 4.78 is 7.45. The van der Waals surface area contributed by atoms with Crippen LogP contribution in [-0.2, 0) is 11.2 Å². The van der Waals surface area contributed by atoms with Crippen molar-refractivity contribution in [1.29, 1.82) is 0 Å². The zero-order chi connectivity index (χ0) is 20.8. The Morgan fingerprint density at radius 2 is 1.90 bits per heavy atom. The fourth-order valence-corrected chi connectivity index (χ4v) is 3.71. The molecule has 0 fully saturated rings. The number of carbonyl (C=O) groups excluding carboxylic acids is 1. The molecule has 152 valence electrons. The number of methoxy groups -OCH3 is 1. The highest BCUT2D eigenvalue weighted by molar-refractivity contribution is 5.77. The third kappa shape index (κ3) is 4.51. The fraction of sp³-hybridized carbons (Fsp3) is 0.200. The maximum atomic E-state index is 12.8. The molecule has 4 rings (SSSR count). The van der Waals surface area contributed by atoms with Gasteiger partial charge in [0.05, 0.1) is 12.8 Å². The first-order valence-electron chi connectivity index (χ1n) is 10.1. The smallest absolute Gasteiger partial charge is 0.221 e. The topological polar surface area (TPSA) is 55.6 Å². The summed E-state index contributed by atoms with van der Waals surface area (Å²) in [6.07, 6.45) is 4.99. The third-order valence-corrected chi connectivity index (χ3v) is 5.27. The van der Waals surface area contributed by atoms with Crippen molar-refractivity contribution >= 4 is 11.6 Å². The number of nitrogens with one attached hydrogen (secondary N) is 1. The lowest BCUT2D eigenvalue weighted by Gasteiger charge is -2.18. The molecule has 0 aliphatic carbocycles. The molecule has 0 saturated heterocycles. The molecule has 30 heavy (non-hydrogen) atoms. The van der Waals surface area contributed by atoms with E-state index in [0.29, 0.717) is 13.0 Å². The number of amides is 1. The van der Waals surface area contributed by atoms with Crippen molar-refractivity contribution in [2.75, 3.05) is 13.7 Å². The van der Waals surface area contributed by atoms with Gasteiger partial charge in [0.15, 0.2) is 0 Å². The summed E-state index contributed by atoms with van der Waals surface area (Å²) >= 11 is 0. The quantitative estimate of drug-likeness (QED) is 0.483. The number of rotatable bonds is 8. The molecule has 0 aliphatic heterocycles. The van der Waals surface area contributed by atoms with Crippen LogP contribution in [0.4, 0.5) is 0 Å². The van der Waals surface area contributed by atoms with Gasteiger partial charge in [0.25, 0.3) is 0 Å². The highest BCUT2D eigenvalue weighted by Gasteiger charge is 2.22. The molecule has 0 aliphatic rings. The van der Waals surface area contributed by atoms with E-state index in [2.05, 4.69) is 22.4 Å². The van der Waals surface area contributed by atoms with Crippen molar-refractivity contribution in [2.45, 2.75) is 18.8 Å². The van der Waals surface area contributed by atoms with Crippen LogP contribution in [0.15, 0.2) is 85.2 Å². The van der Waals surface area contributed by atoms with Crippen LogP contribution >= 0.6 is 0 Å². The first-order chi connectivity index (χ1) is 14.7. The lowest BCUT2D eigenvalue weighted by molar-refractivity contribution is -0.121. The number of hydrogen-bond donors (Lipinski definition) is 1. The van der Waals surface area contributed by atoms with E-state index in [1.807, 2.05) is 77.5 Å². The minimum atomic E-state index is -0.130. The highest BCUT2D eigenvalue weighted by Crippen LogP contribution is 2.30. The zero-order valence-corrected chi connectivity index (χ0v) is 17.0. The second-order valence-corrected chi connectivity index (χ2v) is 7.23. The van der Waals surface area contributed by atoms with Crippen molar-refractivity contribution in [3.63, 3.8) is 0 Å². The van der Waals surface area contributed by atoms with E-state index in [9.17, 15) is 4.79 Å². The molecule has 5 nitrogen and oxygen atoms in total. The minimum Gasteiger partial charge on any atom is -0.497 e. The normalized spacial score (nSPS) is 11.9. The minimum absolute atomic E-state index is 0.0182. The van der Waals surface area contributed by atoms with Crippen LogP contribution in [-0.4, -0.2) is 28.9 Å². The van der Waals surface area contributed by atoms with Crippen LogP contribution in [0.1, 0.15) is 29.2 Å². The Hall–Kier alpha value is -3.60. The molecule has 1 atom stereocenters. The number of aromatic nitrogens is 2. The fourth-order valence-electron chi connectivity index (χ4n) is 3.71. The predicted molar refractivity (Wildman–Crippen MR) is 118 cm³/mol. The summed E-state index contributed by atoms with van der Waals surface area (Å²) in [5, 5.41) is 3.07. The summed E-state index contributed by atoms with van der Waals surface area (Å²) in [6, 6.07) is 24.0. The standard InChI is InChI=1S/C25H25N3O2/c1-30-21-11-7-10-20(16-21)22(23-18-27-24-12-5-6-15-28(23)24)17-25(29)26-14-13-19-8-3-2-4-9-19/h2-12,15-16,18,22H,13-14,17H2,1H3,(H,26,29). The van der Waals surface area contributed by atoms with Crippen LogP contribution in [0.2, 0.25) is 0 Å². The van der Waals surface area contributed by atoms with E-state index in [1.165, 1.54) is 5.56 Å². The average Bonchev–Trinajstić information content (AvgIpc) is 3.22. The van der Waals surface area contributed by atoms with Gasteiger partial charge >= 0.3 is 0 Å². The third-order valence-electron chi connectivity index (χ3n) is 5.27. The lowest BCUT2D eigenvalue weighted by atomic mass is 9.92. The van der Waals surface area contributed by atoms with Gasteiger partial charge in [0, 0.05) is 31.3 Å². The van der Waals surface area contributed by atoms with Crippen molar-refractivity contribution < 1.29 is 9.53 Å². The number of nitrogens with zero attached hydrogens (tertiary/aromatic N) is 2. The second-order valence-electron chi connectivity index (χ2n) is 7.23. The summed E-state index contributed by atoms with van der Waals surface area (Å²) in [6.45, 7) is 0.612. The Labute approximate surface area is 176 Å². The second kappa shape index (κ2) is 9.27. The summed E-state index contributed by atoms with van der Waals surface area (Å²) in [7, 11) is 1.65. The van der Waals surface area contributed by atoms with E-state index < -0.39 is 0 Å². The maximum absolute atomic E-state index is 12.8. The number of fused-ring (bicyclic) bond motifs is 1. The van der Waals surface area contributed by atoms with Crippen LogP contribution in [0.3, 0.4) is 0 Å². The van der Waals surface area contributed by atoms with Crippen molar-refractivity contribution in [2.24, 2.45) is 0 Å². The number of hydrogen-bond acceptors (Lipinski definition) is 3. The zero-order valence-electron chi connectivity index (χ0n) is 17.0. The van der Waals surface area contributed by atoms with Gasteiger partial charge in [-0.3, -0.25) is 4.79 Å². The molecule has 4 aromatic rings. The number of ether oxygens (including phenoxy) is 1. The van der Waals surface area contributed by atoms with E-state index in [-0.39, 0.29) is 11.8 Å². The summed E-state index contributed by atoms with van der Waals surface area (Å²) in [4.78, 5) is 17.3. The van der Waals surface area contributed by atoms with Crippen molar-refractivity contribution in [3.05, 3.63) is 102 Å². The predicted octanol–water partition coefficient (Wildman–Crippen LogP) is 4.22. The summed E-state index contributed by atoms with van der Waals surface area (Å²) in [5.74, 6) is 0.662. The summed E-state index contributed by atoms with van der Waals surface area (Å²) in [5.41, 5.74) is 4.09. The number of carbonyl (C=O) groups is 1. The van der Waals surface area contributed by atoms with Crippen LogP contribution < -0.4 is 10.1 Å². The van der Waals surface area contributed by atoms with Gasteiger partial charge < -0.3 is 14.5 Å². The molecular formula is C25H25N3O2. The SMILES string of the molecule is COc1cccc(C(CC(=O)NCCc2ccccc2)c2cnc3ccccn23)c1. The number of pyridine rings is 1. The van der Waals surface area contributed by atoms with Crippen LogP contribution in [0.25, 0.3) is 5.65 Å². The van der Waals surface area contributed by atoms with Gasteiger partial charge in [0.1, 0.15) is 11.4 Å². The molecule has 0 radical (unpaired) electrons. The lowest BCUT2D eigenvalue weighted by Crippen LogP contribution is -2.27. The van der Waals surface area contributed by atoms with Gasteiger partial charge in [-0.05, 0) is 41.8 Å². The monoisotopic (exact) mass is 399 g/mol. The van der Waals surface area contributed by atoms with E-state index in [4.69, 9.17) is 4.74 Å². The molecule has 2 heterocycles. The first-order valence-corrected chi connectivity index (χ1v) is 10.1. The molecule has 2 aromatic heterocycles. The Bertz CT molecular complexity index is 1120. The van der Waals surface area contributed by atoms with Crippen molar-refractivity contribution in [3.8, 4) is 5.75 Å². The van der Waals surface area contributed by atoms with Gasteiger partial charge in [-0.2, -0.15) is 0 Å². The number of imidazole rings is 1. The van der Waals surface area contributed by atoms with Crippen molar-refractivity contribution in [1.82, 2.24) is 14.7 Å². The molecule has 2 aromatic carbocycles. The molecule has 0 spiro atoms. The Morgan fingerprint density at radius 3 is 2.73 bits per heavy atom. The van der Waals surface area contributed by atoms with Gasteiger partial charge in [-0.15, -0.1) is 0 Å². The highest BCUT2D eigenvalue weighted by atomic mass is 16.5.